The number of nitrogens with zero attached hydrogens (tertiary/aromatic N) is 2. The standard InChI is InChI=1S/C20H25N3O2/c1-20(2,19(25)21-16-11-7-4-8-12-16)23-18(24)14-13-17(22-23)15-9-5-3-6-10-15/h3,5-6,9-10,13-14,16H,4,7-8,11-12H2,1-2H3,(H,21,25). The Morgan fingerprint density at radius 1 is 1.08 bits per heavy atom. The molecule has 0 spiro atoms. The van der Waals surface area contributed by atoms with E-state index in [1.54, 1.807) is 19.9 Å². The van der Waals surface area contributed by atoms with E-state index in [2.05, 4.69) is 10.4 Å². The minimum absolute atomic E-state index is 0.154. The summed E-state index contributed by atoms with van der Waals surface area (Å²) in [5, 5.41) is 7.58. The summed E-state index contributed by atoms with van der Waals surface area (Å²) in [6, 6.07) is 13.0. The van der Waals surface area contributed by atoms with Crippen LogP contribution >= 0.6 is 0 Å². The Bertz CT molecular complexity index is 790. The molecule has 0 atom stereocenters. The smallest absolute Gasteiger partial charge is 0.267 e. The number of hydrogen-bond acceptors (Lipinski definition) is 3. The fraction of sp³-hybridized carbons (Fsp3) is 0.450. The van der Waals surface area contributed by atoms with Gasteiger partial charge in [-0.1, -0.05) is 49.6 Å². The molecular weight excluding hydrogens is 314 g/mol. The summed E-state index contributed by atoms with van der Waals surface area (Å²) < 4.78 is 1.30. The Hall–Kier alpha value is -2.43. The van der Waals surface area contributed by atoms with Crippen molar-refractivity contribution >= 4 is 5.91 Å². The lowest BCUT2D eigenvalue weighted by Gasteiger charge is -2.30. The molecule has 25 heavy (non-hydrogen) atoms. The molecule has 132 valence electrons. The van der Waals surface area contributed by atoms with Crippen LogP contribution in [0.4, 0.5) is 0 Å². The van der Waals surface area contributed by atoms with Gasteiger partial charge in [-0.3, -0.25) is 9.59 Å². The summed E-state index contributed by atoms with van der Waals surface area (Å²) >= 11 is 0. The van der Waals surface area contributed by atoms with E-state index < -0.39 is 5.54 Å². The monoisotopic (exact) mass is 339 g/mol. The zero-order valence-corrected chi connectivity index (χ0v) is 14.9. The lowest BCUT2D eigenvalue weighted by molar-refractivity contribution is -0.130. The third kappa shape index (κ3) is 3.81. The predicted octanol–water partition coefficient (Wildman–Crippen LogP) is 3.09. The van der Waals surface area contributed by atoms with Crippen LogP contribution in [0, 0.1) is 0 Å². The van der Waals surface area contributed by atoms with Gasteiger partial charge < -0.3 is 5.32 Å². The summed E-state index contributed by atoms with van der Waals surface area (Å²) in [5.41, 5.74) is 0.279. The van der Waals surface area contributed by atoms with Gasteiger partial charge in [0.05, 0.1) is 5.69 Å². The lowest BCUT2D eigenvalue weighted by atomic mass is 9.94. The van der Waals surface area contributed by atoms with Crippen LogP contribution in [0.5, 0.6) is 0 Å². The molecule has 0 unspecified atom stereocenters. The van der Waals surface area contributed by atoms with Crippen molar-refractivity contribution in [2.75, 3.05) is 0 Å². The Morgan fingerprint density at radius 3 is 2.44 bits per heavy atom. The van der Waals surface area contributed by atoms with Crippen molar-refractivity contribution in [1.29, 1.82) is 0 Å². The molecule has 1 aromatic heterocycles. The Kier molecular flexibility index (Phi) is 5.02. The summed E-state index contributed by atoms with van der Waals surface area (Å²) in [5.74, 6) is -0.154. The van der Waals surface area contributed by atoms with Crippen LogP contribution in [0.2, 0.25) is 0 Å². The summed E-state index contributed by atoms with van der Waals surface area (Å²) in [6.07, 6.45) is 5.54. The Morgan fingerprint density at radius 2 is 1.76 bits per heavy atom. The topological polar surface area (TPSA) is 64.0 Å². The van der Waals surface area contributed by atoms with Crippen molar-refractivity contribution in [1.82, 2.24) is 15.1 Å². The van der Waals surface area contributed by atoms with E-state index in [1.165, 1.54) is 17.2 Å². The molecule has 1 aromatic carbocycles. The minimum Gasteiger partial charge on any atom is -0.351 e. The molecule has 0 bridgehead atoms. The normalized spacial score (nSPS) is 15.8. The molecule has 1 heterocycles. The number of amides is 1. The van der Waals surface area contributed by atoms with E-state index in [4.69, 9.17) is 0 Å². The van der Waals surface area contributed by atoms with Crippen LogP contribution in [-0.2, 0) is 10.3 Å². The molecule has 1 aliphatic carbocycles. The van der Waals surface area contributed by atoms with E-state index in [1.807, 2.05) is 30.3 Å². The fourth-order valence-corrected chi connectivity index (χ4v) is 3.28. The Balaban J connectivity index is 1.88. The van der Waals surface area contributed by atoms with E-state index in [-0.39, 0.29) is 17.5 Å². The summed E-state index contributed by atoms with van der Waals surface area (Å²) in [4.78, 5) is 25.2. The largest absolute Gasteiger partial charge is 0.351 e. The van der Waals surface area contributed by atoms with Gasteiger partial charge in [0.25, 0.3) is 5.56 Å². The van der Waals surface area contributed by atoms with Crippen LogP contribution in [0.3, 0.4) is 0 Å². The van der Waals surface area contributed by atoms with Gasteiger partial charge in [0.2, 0.25) is 5.91 Å². The van der Waals surface area contributed by atoms with Gasteiger partial charge in [0, 0.05) is 17.7 Å². The first-order valence-electron chi connectivity index (χ1n) is 8.96. The maximum Gasteiger partial charge on any atom is 0.267 e. The first-order chi connectivity index (χ1) is 12.0. The minimum atomic E-state index is -1.04. The molecule has 1 amide bonds. The third-order valence-corrected chi connectivity index (χ3v) is 4.90. The second-order valence-electron chi connectivity index (χ2n) is 7.20. The van der Waals surface area contributed by atoms with Gasteiger partial charge in [-0.2, -0.15) is 5.10 Å². The van der Waals surface area contributed by atoms with Crippen LogP contribution in [0.25, 0.3) is 11.3 Å². The van der Waals surface area contributed by atoms with Gasteiger partial charge in [-0.15, -0.1) is 0 Å². The highest BCUT2D eigenvalue weighted by Crippen LogP contribution is 2.21. The number of rotatable bonds is 4. The first-order valence-corrected chi connectivity index (χ1v) is 8.96. The molecule has 0 aliphatic heterocycles. The molecule has 0 radical (unpaired) electrons. The summed E-state index contributed by atoms with van der Waals surface area (Å²) in [6.45, 7) is 3.49. The highest BCUT2D eigenvalue weighted by Gasteiger charge is 2.33. The molecule has 5 heteroatoms. The second-order valence-corrected chi connectivity index (χ2v) is 7.20. The van der Waals surface area contributed by atoms with Crippen molar-refractivity contribution < 1.29 is 4.79 Å². The molecular formula is C20H25N3O2. The highest BCUT2D eigenvalue weighted by molar-refractivity contribution is 5.83. The number of carbonyl (C=O) groups excluding carboxylic acids is 1. The lowest BCUT2D eigenvalue weighted by Crippen LogP contribution is -2.52. The number of hydrogen-bond donors (Lipinski definition) is 1. The highest BCUT2D eigenvalue weighted by atomic mass is 16.2. The van der Waals surface area contributed by atoms with Gasteiger partial charge >= 0.3 is 0 Å². The maximum absolute atomic E-state index is 12.8. The van der Waals surface area contributed by atoms with Crippen LogP contribution in [-0.4, -0.2) is 21.7 Å². The van der Waals surface area contributed by atoms with Crippen molar-refractivity contribution in [2.45, 2.75) is 57.5 Å². The Labute approximate surface area is 148 Å². The van der Waals surface area contributed by atoms with E-state index in [9.17, 15) is 9.59 Å². The molecule has 5 nitrogen and oxygen atoms in total. The van der Waals surface area contributed by atoms with Crippen molar-refractivity contribution in [3.8, 4) is 11.3 Å². The van der Waals surface area contributed by atoms with E-state index >= 15 is 0 Å². The van der Waals surface area contributed by atoms with E-state index in [0.29, 0.717) is 5.69 Å². The molecule has 1 aliphatic rings. The molecule has 1 fully saturated rings. The van der Waals surface area contributed by atoms with Crippen molar-refractivity contribution in [2.24, 2.45) is 0 Å². The van der Waals surface area contributed by atoms with E-state index in [0.717, 1.165) is 31.2 Å². The first kappa shape index (κ1) is 17.4. The SMILES string of the molecule is CC(C)(C(=O)NC1CCCCC1)n1nc(-c2ccccc2)ccc1=O. The molecule has 0 saturated heterocycles. The molecule has 1 N–H and O–H groups in total. The summed E-state index contributed by atoms with van der Waals surface area (Å²) in [7, 11) is 0. The van der Waals surface area contributed by atoms with Gasteiger partial charge in [-0.25, -0.2) is 4.68 Å². The predicted molar refractivity (Wildman–Crippen MR) is 98.3 cm³/mol. The molecule has 3 rings (SSSR count). The van der Waals surface area contributed by atoms with Gasteiger partial charge in [-0.05, 0) is 32.8 Å². The second kappa shape index (κ2) is 7.21. The quantitative estimate of drug-likeness (QED) is 0.931. The zero-order chi connectivity index (χ0) is 17.9. The van der Waals surface area contributed by atoms with Crippen LogP contribution in [0.15, 0.2) is 47.3 Å². The number of carbonyl (C=O) groups is 1. The van der Waals surface area contributed by atoms with Crippen molar-refractivity contribution in [3.05, 3.63) is 52.8 Å². The molecule has 2 aromatic rings. The van der Waals surface area contributed by atoms with Gasteiger partial charge in [0.1, 0.15) is 5.54 Å². The molecule has 1 saturated carbocycles. The number of benzene rings is 1. The van der Waals surface area contributed by atoms with Crippen molar-refractivity contribution in [3.63, 3.8) is 0 Å². The fourth-order valence-electron chi connectivity index (χ4n) is 3.28. The number of nitrogens with one attached hydrogen (secondary N) is 1. The van der Waals surface area contributed by atoms with Gasteiger partial charge in [0.15, 0.2) is 0 Å². The van der Waals surface area contributed by atoms with Crippen LogP contribution < -0.4 is 10.9 Å². The maximum atomic E-state index is 12.8. The third-order valence-electron chi connectivity index (χ3n) is 4.90. The average Bonchev–Trinajstić information content (AvgIpc) is 2.63. The van der Waals surface area contributed by atoms with Crippen LogP contribution in [0.1, 0.15) is 46.0 Å². The number of aromatic nitrogens is 2. The zero-order valence-electron chi connectivity index (χ0n) is 14.9. The average molecular weight is 339 g/mol.